The zero-order chi connectivity index (χ0) is 23.7. The van der Waals surface area contributed by atoms with Crippen molar-refractivity contribution in [1.29, 1.82) is 0 Å². The van der Waals surface area contributed by atoms with Crippen LogP contribution in [-0.2, 0) is 9.59 Å². The molecule has 0 radical (unpaired) electrons. The molecule has 0 aromatic rings. The van der Waals surface area contributed by atoms with E-state index in [0.29, 0.717) is 0 Å². The van der Waals surface area contributed by atoms with Gasteiger partial charge in [-0.1, -0.05) is 141 Å². The molecule has 4 nitrogen and oxygen atoms in total. The molecule has 0 saturated carbocycles. The minimum atomic E-state index is -1.07. The first-order chi connectivity index (χ1) is 15.6. The average Bonchev–Trinajstić information content (AvgIpc) is 2.76. The van der Waals surface area contributed by atoms with Gasteiger partial charge in [0.1, 0.15) is 0 Å². The van der Waals surface area contributed by atoms with Gasteiger partial charge in [0.15, 0.2) is 0 Å². The molecule has 0 aliphatic carbocycles. The molecule has 0 rings (SSSR count). The molecule has 0 spiro atoms. The number of carboxylic acid groups (broad SMARTS) is 2. The minimum Gasteiger partial charge on any atom is -0.481 e. The van der Waals surface area contributed by atoms with Crippen molar-refractivity contribution in [2.75, 3.05) is 0 Å². The Morgan fingerprint density at radius 2 is 0.938 bits per heavy atom. The fourth-order valence-electron chi connectivity index (χ4n) is 4.20. The van der Waals surface area contributed by atoms with E-state index in [1.54, 1.807) is 0 Å². The van der Waals surface area contributed by atoms with Gasteiger partial charge >= 0.3 is 11.9 Å². The molecule has 0 fully saturated rings. The maximum atomic E-state index is 11.0. The van der Waals surface area contributed by atoms with Crippen LogP contribution in [0.5, 0.6) is 0 Å². The molecule has 1 unspecified atom stereocenters. The lowest BCUT2D eigenvalue weighted by Crippen LogP contribution is -2.15. The Morgan fingerprint density at radius 3 is 1.25 bits per heavy atom. The molecule has 2 N–H and O–H groups in total. The maximum absolute atomic E-state index is 11.0. The summed E-state index contributed by atoms with van der Waals surface area (Å²) in [6.07, 6.45) is 31.1. The quantitative estimate of drug-likeness (QED) is 0.107. The zero-order valence-corrected chi connectivity index (χ0v) is 21.0. The Hall–Kier alpha value is -1.32. The average molecular weight is 453 g/mol. The summed E-state index contributed by atoms with van der Waals surface area (Å²) in [4.78, 5) is 21.6. The van der Waals surface area contributed by atoms with Gasteiger partial charge in [-0.25, -0.2) is 0 Å². The van der Waals surface area contributed by atoms with Crippen molar-refractivity contribution in [2.45, 2.75) is 148 Å². The van der Waals surface area contributed by atoms with Crippen LogP contribution in [0.15, 0.2) is 12.2 Å². The predicted molar refractivity (Wildman–Crippen MR) is 135 cm³/mol. The fourth-order valence-corrected chi connectivity index (χ4v) is 4.20. The van der Waals surface area contributed by atoms with Crippen LogP contribution in [0.1, 0.15) is 148 Å². The zero-order valence-electron chi connectivity index (χ0n) is 21.0. The van der Waals surface area contributed by atoms with Crippen LogP contribution in [0.2, 0.25) is 0 Å². The highest BCUT2D eigenvalue weighted by molar-refractivity contribution is 5.79. The van der Waals surface area contributed by atoms with E-state index in [0.717, 1.165) is 12.8 Å². The second kappa shape index (κ2) is 24.3. The molecule has 188 valence electrons. The molecule has 0 bridgehead atoms. The lowest BCUT2D eigenvalue weighted by Gasteiger charge is -2.04. The fraction of sp³-hybridized carbons (Fsp3) is 0.857. The number of unbranched alkanes of at least 4 members (excludes halogenated alkanes) is 20. The molecule has 0 aromatic heterocycles. The van der Waals surface area contributed by atoms with Crippen molar-refractivity contribution in [2.24, 2.45) is 5.92 Å². The van der Waals surface area contributed by atoms with E-state index >= 15 is 0 Å². The van der Waals surface area contributed by atoms with E-state index in [9.17, 15) is 9.59 Å². The summed E-state index contributed by atoms with van der Waals surface area (Å²) >= 11 is 0. The molecule has 4 heteroatoms. The van der Waals surface area contributed by atoms with Gasteiger partial charge in [0, 0.05) is 0 Å². The van der Waals surface area contributed by atoms with Crippen molar-refractivity contribution in [1.82, 2.24) is 0 Å². The lowest BCUT2D eigenvalue weighted by atomic mass is 10.0. The van der Waals surface area contributed by atoms with Gasteiger partial charge in [0.2, 0.25) is 0 Å². The number of allylic oxidation sites excluding steroid dienone is 1. The van der Waals surface area contributed by atoms with E-state index < -0.39 is 17.9 Å². The third-order valence-electron chi connectivity index (χ3n) is 6.30. The van der Waals surface area contributed by atoms with Crippen LogP contribution < -0.4 is 0 Å². The van der Waals surface area contributed by atoms with Crippen LogP contribution in [0.25, 0.3) is 0 Å². The van der Waals surface area contributed by atoms with Gasteiger partial charge in [0.05, 0.1) is 12.3 Å². The van der Waals surface area contributed by atoms with Crippen molar-refractivity contribution in [3.05, 3.63) is 12.2 Å². The Bertz CT molecular complexity index is 458. The molecular weight excluding hydrogens is 400 g/mol. The number of carboxylic acids is 2. The van der Waals surface area contributed by atoms with Crippen molar-refractivity contribution < 1.29 is 19.8 Å². The standard InChI is InChI=1S/C28H52O4/c1-2-3-4-5-6-7-8-9-10-11-12-13-14-15-16-17-18-19-20-21-22-23-24-26(28(31)32)25-27(29)30/h23-24,26H,2-22,25H2,1H3,(H,29,30)(H,31,32)/b24-23+. The van der Waals surface area contributed by atoms with Crippen LogP contribution in [0.3, 0.4) is 0 Å². The van der Waals surface area contributed by atoms with Crippen LogP contribution in [0, 0.1) is 5.92 Å². The highest BCUT2D eigenvalue weighted by atomic mass is 16.4. The van der Waals surface area contributed by atoms with E-state index in [-0.39, 0.29) is 6.42 Å². The number of rotatable bonds is 25. The van der Waals surface area contributed by atoms with E-state index in [2.05, 4.69) is 6.92 Å². The molecular formula is C28H52O4. The summed E-state index contributed by atoms with van der Waals surface area (Å²) in [6, 6.07) is 0. The molecule has 0 aliphatic heterocycles. The Kier molecular flexibility index (Phi) is 23.3. The first-order valence-electron chi connectivity index (χ1n) is 13.7. The predicted octanol–water partition coefficient (Wildman–Crippen LogP) is 8.93. The van der Waals surface area contributed by atoms with Gasteiger partial charge in [-0.05, 0) is 12.8 Å². The Labute approximate surface area is 198 Å². The molecule has 1 atom stereocenters. The third kappa shape index (κ3) is 23.3. The van der Waals surface area contributed by atoms with E-state index in [1.807, 2.05) is 6.08 Å². The van der Waals surface area contributed by atoms with E-state index in [1.165, 1.54) is 128 Å². The van der Waals surface area contributed by atoms with E-state index in [4.69, 9.17) is 10.2 Å². The first-order valence-corrected chi connectivity index (χ1v) is 13.7. The molecule has 0 saturated heterocycles. The topological polar surface area (TPSA) is 74.6 Å². The van der Waals surface area contributed by atoms with Gasteiger partial charge in [-0.3, -0.25) is 9.59 Å². The SMILES string of the molecule is CCCCCCCCCCCCCCCCCCCCCC/C=C/C(CC(=O)O)C(=O)O. The van der Waals surface area contributed by atoms with Crippen LogP contribution in [-0.4, -0.2) is 22.2 Å². The number of carbonyl (C=O) groups is 2. The summed E-state index contributed by atoms with van der Waals surface area (Å²) in [5, 5.41) is 17.7. The second-order valence-electron chi connectivity index (χ2n) is 9.48. The second-order valence-corrected chi connectivity index (χ2v) is 9.48. The smallest absolute Gasteiger partial charge is 0.310 e. The Balaban J connectivity index is 3.26. The monoisotopic (exact) mass is 452 g/mol. The molecule has 0 amide bonds. The molecule has 32 heavy (non-hydrogen) atoms. The van der Waals surface area contributed by atoms with Gasteiger partial charge in [0.25, 0.3) is 0 Å². The van der Waals surface area contributed by atoms with Crippen molar-refractivity contribution in [3.63, 3.8) is 0 Å². The highest BCUT2D eigenvalue weighted by Crippen LogP contribution is 2.15. The third-order valence-corrected chi connectivity index (χ3v) is 6.30. The summed E-state index contributed by atoms with van der Waals surface area (Å²) in [5.74, 6) is -3.04. The largest absolute Gasteiger partial charge is 0.481 e. The summed E-state index contributed by atoms with van der Waals surface area (Å²) < 4.78 is 0. The normalized spacial score (nSPS) is 12.4. The maximum Gasteiger partial charge on any atom is 0.310 e. The summed E-state index contributed by atoms with van der Waals surface area (Å²) in [7, 11) is 0. The highest BCUT2D eigenvalue weighted by Gasteiger charge is 2.17. The molecule has 0 aliphatic rings. The number of hydrogen-bond donors (Lipinski definition) is 2. The van der Waals surface area contributed by atoms with Crippen LogP contribution in [0.4, 0.5) is 0 Å². The molecule has 0 aromatic carbocycles. The minimum absolute atomic E-state index is 0.342. The first kappa shape index (κ1) is 30.7. The van der Waals surface area contributed by atoms with Gasteiger partial charge in [-0.15, -0.1) is 0 Å². The van der Waals surface area contributed by atoms with Crippen molar-refractivity contribution in [3.8, 4) is 0 Å². The number of hydrogen-bond acceptors (Lipinski definition) is 2. The molecule has 0 heterocycles. The summed E-state index contributed by atoms with van der Waals surface area (Å²) in [5.41, 5.74) is 0. The Morgan fingerprint density at radius 1 is 0.594 bits per heavy atom. The van der Waals surface area contributed by atoms with Gasteiger partial charge in [-0.2, -0.15) is 0 Å². The van der Waals surface area contributed by atoms with Crippen LogP contribution >= 0.6 is 0 Å². The summed E-state index contributed by atoms with van der Waals surface area (Å²) in [6.45, 7) is 2.28. The number of aliphatic carboxylic acids is 2. The van der Waals surface area contributed by atoms with Crippen molar-refractivity contribution >= 4 is 11.9 Å². The lowest BCUT2D eigenvalue weighted by molar-refractivity contribution is -0.146. The van der Waals surface area contributed by atoms with Gasteiger partial charge < -0.3 is 10.2 Å².